The molecule has 1 amide bonds. The summed E-state index contributed by atoms with van der Waals surface area (Å²) in [5.41, 5.74) is -0.372. The van der Waals surface area contributed by atoms with Crippen LogP contribution in [0.3, 0.4) is 0 Å². The van der Waals surface area contributed by atoms with Crippen molar-refractivity contribution in [1.82, 2.24) is 0 Å². The maximum absolute atomic E-state index is 11.3. The van der Waals surface area contributed by atoms with E-state index in [0.29, 0.717) is 0 Å². The van der Waals surface area contributed by atoms with E-state index in [1.54, 1.807) is 0 Å². The summed E-state index contributed by atoms with van der Waals surface area (Å²) in [6.07, 6.45) is 0. The molecule has 8 heteroatoms. The van der Waals surface area contributed by atoms with E-state index in [0.717, 1.165) is 0 Å². The molecule has 1 aromatic rings. The molecule has 0 aromatic heterocycles. The number of carboxylic acids is 1. The van der Waals surface area contributed by atoms with Gasteiger partial charge >= 0.3 is 5.97 Å². The summed E-state index contributed by atoms with van der Waals surface area (Å²) in [5.74, 6) is -2.45. The fourth-order valence-corrected chi connectivity index (χ4v) is 1.41. The first-order valence-corrected chi connectivity index (χ1v) is 4.47. The Kier molecular flexibility index (Phi) is 2.39. The van der Waals surface area contributed by atoms with Crippen molar-refractivity contribution in [3.8, 4) is 0 Å². The smallest absolute Gasteiger partial charge is 0.338 e. The number of nitrogens with zero attached hydrogens (tertiary/aromatic N) is 3. The SMILES string of the molecule is O=C(O)C1N=c2cccc([N+](=O)[O-])c2=NC1=O. The van der Waals surface area contributed by atoms with Crippen LogP contribution in [0, 0.1) is 10.1 Å². The molecule has 1 aromatic carbocycles. The van der Waals surface area contributed by atoms with Gasteiger partial charge in [0.15, 0.2) is 5.36 Å². The minimum Gasteiger partial charge on any atom is -0.479 e. The van der Waals surface area contributed by atoms with Gasteiger partial charge in [-0.3, -0.25) is 19.9 Å². The lowest BCUT2D eigenvalue weighted by Crippen LogP contribution is -2.41. The zero-order valence-electron chi connectivity index (χ0n) is 8.23. The van der Waals surface area contributed by atoms with Crippen molar-refractivity contribution in [1.29, 1.82) is 0 Å². The van der Waals surface area contributed by atoms with E-state index >= 15 is 0 Å². The number of para-hydroxylation sites is 1. The monoisotopic (exact) mass is 235 g/mol. The molecule has 0 radical (unpaired) electrons. The molecule has 2 rings (SSSR count). The first-order valence-electron chi connectivity index (χ1n) is 4.47. The first-order chi connectivity index (χ1) is 8.00. The van der Waals surface area contributed by atoms with Crippen LogP contribution in [0.25, 0.3) is 0 Å². The minimum absolute atomic E-state index is 0.0335. The summed E-state index contributed by atoms with van der Waals surface area (Å²) >= 11 is 0. The number of amides is 1. The van der Waals surface area contributed by atoms with Crippen molar-refractivity contribution in [2.24, 2.45) is 9.98 Å². The van der Waals surface area contributed by atoms with Gasteiger partial charge in [0.25, 0.3) is 11.6 Å². The van der Waals surface area contributed by atoms with Gasteiger partial charge in [-0.15, -0.1) is 0 Å². The Hall–Kier alpha value is -2.64. The Bertz CT molecular complexity index is 651. The summed E-state index contributed by atoms with van der Waals surface area (Å²) in [4.78, 5) is 39.0. The highest BCUT2D eigenvalue weighted by Crippen LogP contribution is 2.03. The zero-order chi connectivity index (χ0) is 12.6. The van der Waals surface area contributed by atoms with Crippen LogP contribution >= 0.6 is 0 Å². The number of benzene rings is 1. The molecule has 8 nitrogen and oxygen atoms in total. The quantitative estimate of drug-likeness (QED) is 0.393. The number of hydrogen-bond donors (Lipinski definition) is 1. The third kappa shape index (κ3) is 1.75. The minimum atomic E-state index is -1.62. The van der Waals surface area contributed by atoms with E-state index in [4.69, 9.17) is 5.11 Å². The molecular weight excluding hydrogens is 230 g/mol. The lowest BCUT2D eigenvalue weighted by molar-refractivity contribution is -0.386. The topological polar surface area (TPSA) is 122 Å². The van der Waals surface area contributed by atoms with Gasteiger partial charge < -0.3 is 5.11 Å². The molecule has 1 heterocycles. The van der Waals surface area contributed by atoms with Gasteiger partial charge in [0.2, 0.25) is 6.04 Å². The van der Waals surface area contributed by atoms with E-state index in [1.165, 1.54) is 18.2 Å². The maximum Gasteiger partial charge on any atom is 0.338 e. The summed E-state index contributed by atoms with van der Waals surface area (Å²) in [7, 11) is 0. The van der Waals surface area contributed by atoms with E-state index in [9.17, 15) is 19.7 Å². The molecule has 1 aliphatic rings. The Morgan fingerprint density at radius 3 is 2.76 bits per heavy atom. The van der Waals surface area contributed by atoms with E-state index in [-0.39, 0.29) is 16.4 Å². The number of carbonyl (C=O) groups excluding carboxylic acids is 1. The number of carboxylic acid groups (broad SMARTS) is 1. The van der Waals surface area contributed by atoms with Crippen molar-refractivity contribution in [2.45, 2.75) is 6.04 Å². The Balaban J connectivity index is 2.76. The Morgan fingerprint density at radius 2 is 2.18 bits per heavy atom. The summed E-state index contributed by atoms with van der Waals surface area (Å²) in [6.45, 7) is 0. The summed E-state index contributed by atoms with van der Waals surface area (Å²) in [5, 5.41) is 19.2. The predicted octanol–water partition coefficient (Wildman–Crippen LogP) is -1.17. The van der Waals surface area contributed by atoms with E-state index in [1.807, 2.05) is 0 Å². The Morgan fingerprint density at radius 1 is 1.47 bits per heavy atom. The number of hydrogen-bond acceptors (Lipinski definition) is 5. The standard InChI is InChI=1S/C9H5N3O5/c13-8-7(9(14)15)10-4-2-1-3-5(12(16)17)6(4)11-8/h1-3,7H,(H,14,15). The second-order valence-electron chi connectivity index (χ2n) is 3.22. The van der Waals surface area contributed by atoms with Crippen molar-refractivity contribution in [3.63, 3.8) is 0 Å². The fourth-order valence-electron chi connectivity index (χ4n) is 1.41. The van der Waals surface area contributed by atoms with Crippen molar-refractivity contribution in [2.75, 3.05) is 0 Å². The Labute approximate surface area is 93.1 Å². The third-order valence-corrected chi connectivity index (χ3v) is 2.15. The third-order valence-electron chi connectivity index (χ3n) is 2.15. The van der Waals surface area contributed by atoms with Crippen molar-refractivity contribution >= 4 is 17.6 Å². The number of non-ortho nitro benzene ring substituents is 1. The second-order valence-corrected chi connectivity index (χ2v) is 3.22. The van der Waals surface area contributed by atoms with Crippen molar-refractivity contribution in [3.05, 3.63) is 39.0 Å². The van der Waals surface area contributed by atoms with E-state index in [2.05, 4.69) is 9.98 Å². The maximum atomic E-state index is 11.3. The molecule has 17 heavy (non-hydrogen) atoms. The molecule has 0 saturated heterocycles. The molecule has 1 aliphatic heterocycles. The molecule has 1 unspecified atom stereocenters. The molecule has 0 spiro atoms. The van der Waals surface area contributed by atoms with Gasteiger partial charge in [0, 0.05) is 6.07 Å². The number of fused-ring (bicyclic) bond motifs is 1. The lowest BCUT2D eigenvalue weighted by Gasteiger charge is -2.06. The van der Waals surface area contributed by atoms with Gasteiger partial charge in [0.05, 0.1) is 10.3 Å². The number of carbonyl (C=O) groups is 2. The van der Waals surface area contributed by atoms with Crippen LogP contribution in [-0.2, 0) is 9.59 Å². The number of nitro benzene ring substituents is 1. The lowest BCUT2D eigenvalue weighted by atomic mass is 10.2. The van der Waals surface area contributed by atoms with Gasteiger partial charge in [-0.05, 0) is 6.07 Å². The van der Waals surface area contributed by atoms with Gasteiger partial charge in [-0.1, -0.05) is 6.07 Å². The van der Waals surface area contributed by atoms with Crippen LogP contribution in [0.15, 0.2) is 28.2 Å². The van der Waals surface area contributed by atoms with Crippen LogP contribution < -0.4 is 10.7 Å². The van der Waals surface area contributed by atoms with Crippen LogP contribution in [0.1, 0.15) is 0 Å². The molecular formula is C9H5N3O5. The molecule has 0 fully saturated rings. The molecule has 0 saturated carbocycles. The highest BCUT2D eigenvalue weighted by atomic mass is 16.6. The van der Waals surface area contributed by atoms with E-state index < -0.39 is 22.8 Å². The second kappa shape index (κ2) is 3.74. The summed E-state index contributed by atoms with van der Waals surface area (Å²) < 4.78 is 0. The van der Waals surface area contributed by atoms with Crippen molar-refractivity contribution < 1.29 is 19.6 Å². The highest BCUT2D eigenvalue weighted by molar-refractivity contribution is 6.02. The fraction of sp³-hybridized carbons (Fsp3) is 0.111. The highest BCUT2D eigenvalue weighted by Gasteiger charge is 2.28. The van der Waals surface area contributed by atoms with Crippen LogP contribution in [-0.4, -0.2) is 27.9 Å². The summed E-state index contributed by atoms with van der Waals surface area (Å²) in [6, 6.07) is 2.27. The number of rotatable bonds is 2. The largest absolute Gasteiger partial charge is 0.479 e. The molecule has 0 bridgehead atoms. The van der Waals surface area contributed by atoms with Crippen LogP contribution in [0.2, 0.25) is 0 Å². The average molecular weight is 235 g/mol. The first kappa shape index (κ1) is 10.9. The van der Waals surface area contributed by atoms with Crippen LogP contribution in [0.5, 0.6) is 0 Å². The molecule has 1 atom stereocenters. The zero-order valence-corrected chi connectivity index (χ0v) is 8.23. The molecule has 86 valence electrons. The van der Waals surface area contributed by atoms with Gasteiger partial charge in [-0.25, -0.2) is 9.79 Å². The normalized spacial score (nSPS) is 17.6. The van der Waals surface area contributed by atoms with Gasteiger partial charge in [0.1, 0.15) is 0 Å². The predicted molar refractivity (Wildman–Crippen MR) is 51.8 cm³/mol. The molecule has 1 N–H and O–H groups in total. The molecule has 0 aliphatic carbocycles. The average Bonchev–Trinajstić information content (AvgIpc) is 2.26. The van der Waals surface area contributed by atoms with Gasteiger partial charge in [-0.2, -0.15) is 0 Å². The number of nitro groups is 1. The number of aliphatic carboxylic acids is 1. The van der Waals surface area contributed by atoms with Crippen LogP contribution in [0.4, 0.5) is 5.69 Å².